The summed E-state index contributed by atoms with van der Waals surface area (Å²) in [7, 11) is 0. The number of ether oxygens (including phenoxy) is 2. The summed E-state index contributed by atoms with van der Waals surface area (Å²) in [6.45, 7) is 10.1. The zero-order valence-corrected chi connectivity index (χ0v) is 21.0. The monoisotopic (exact) mass is 478 g/mol. The van der Waals surface area contributed by atoms with Crippen molar-refractivity contribution >= 4 is 23.4 Å². The van der Waals surface area contributed by atoms with Crippen LogP contribution >= 0.6 is 11.8 Å². The van der Waals surface area contributed by atoms with E-state index in [1.54, 1.807) is 16.7 Å². The fourth-order valence-electron chi connectivity index (χ4n) is 3.66. The predicted octanol–water partition coefficient (Wildman–Crippen LogP) is 5.91. The zero-order valence-electron chi connectivity index (χ0n) is 20.2. The maximum Gasteiger partial charge on any atom is 0.247 e. The molecule has 0 fully saturated rings. The van der Waals surface area contributed by atoms with Gasteiger partial charge in [0.25, 0.3) is 0 Å². The number of thioether (sulfide) groups is 1. The predicted molar refractivity (Wildman–Crippen MR) is 134 cm³/mol. The molecule has 34 heavy (non-hydrogen) atoms. The molecule has 3 aromatic rings. The molecule has 0 N–H and O–H groups in total. The highest BCUT2D eigenvalue weighted by Gasteiger charge is 2.35. The number of rotatable bonds is 7. The Hall–Kier alpha value is -3.13. The molecule has 1 atom stereocenters. The van der Waals surface area contributed by atoms with E-state index in [1.807, 2.05) is 69.3 Å². The highest BCUT2D eigenvalue weighted by Crippen LogP contribution is 2.43. The van der Waals surface area contributed by atoms with Crippen LogP contribution in [0.4, 0.5) is 5.69 Å². The molecule has 1 aliphatic rings. The van der Waals surface area contributed by atoms with E-state index >= 15 is 0 Å². The second-order valence-corrected chi connectivity index (χ2v) is 9.78. The van der Waals surface area contributed by atoms with Crippen LogP contribution in [0, 0.1) is 5.92 Å². The third kappa shape index (κ3) is 5.17. The van der Waals surface area contributed by atoms with Gasteiger partial charge in [0, 0.05) is 23.3 Å². The van der Waals surface area contributed by atoms with E-state index in [-0.39, 0.29) is 12.0 Å². The molecule has 2 aromatic carbocycles. The minimum Gasteiger partial charge on any atom is -0.491 e. The zero-order chi connectivity index (χ0) is 24.2. The number of benzene rings is 2. The molecular weight excluding hydrogens is 448 g/mol. The summed E-state index contributed by atoms with van der Waals surface area (Å²) in [6.07, 6.45) is -0.308. The number of hydrogen-bond donors (Lipinski definition) is 0. The van der Waals surface area contributed by atoms with Crippen molar-refractivity contribution in [3.8, 4) is 22.9 Å². The lowest BCUT2D eigenvalue weighted by atomic mass is 10.1. The molecule has 0 saturated heterocycles. The summed E-state index contributed by atoms with van der Waals surface area (Å²) in [5.41, 5.74) is 2.83. The molecule has 178 valence electrons. The van der Waals surface area contributed by atoms with Gasteiger partial charge in [0.15, 0.2) is 5.69 Å². The van der Waals surface area contributed by atoms with E-state index in [9.17, 15) is 4.79 Å². The summed E-state index contributed by atoms with van der Waals surface area (Å²) in [4.78, 5) is 19.6. The fourth-order valence-corrected chi connectivity index (χ4v) is 4.38. The topological polar surface area (TPSA) is 77.4 Å². The van der Waals surface area contributed by atoms with Gasteiger partial charge in [-0.05, 0) is 50.1 Å². The van der Waals surface area contributed by atoms with Crippen LogP contribution in [-0.2, 0) is 4.79 Å². The molecule has 2 heterocycles. The highest BCUT2D eigenvalue weighted by atomic mass is 32.2. The Balaban J connectivity index is 1.82. The van der Waals surface area contributed by atoms with Gasteiger partial charge in [-0.3, -0.25) is 9.69 Å². The van der Waals surface area contributed by atoms with Gasteiger partial charge in [0.2, 0.25) is 23.2 Å². The van der Waals surface area contributed by atoms with Crippen LogP contribution in [0.5, 0.6) is 11.6 Å². The van der Waals surface area contributed by atoms with Gasteiger partial charge >= 0.3 is 0 Å². The van der Waals surface area contributed by atoms with Gasteiger partial charge in [-0.1, -0.05) is 50.7 Å². The van der Waals surface area contributed by atoms with Crippen LogP contribution in [0.3, 0.4) is 0 Å². The maximum atomic E-state index is 13.2. The van der Waals surface area contributed by atoms with Gasteiger partial charge < -0.3 is 9.47 Å². The minimum absolute atomic E-state index is 0.0601. The van der Waals surface area contributed by atoms with Crippen molar-refractivity contribution in [2.75, 3.05) is 10.7 Å². The van der Waals surface area contributed by atoms with Crippen molar-refractivity contribution in [3.63, 3.8) is 0 Å². The molecular formula is C26H30N4O3S. The molecule has 1 amide bonds. The lowest BCUT2D eigenvalue weighted by Crippen LogP contribution is -2.37. The first kappa shape index (κ1) is 24.0. The molecule has 0 unspecified atom stereocenters. The van der Waals surface area contributed by atoms with E-state index in [4.69, 9.17) is 14.5 Å². The van der Waals surface area contributed by atoms with Crippen molar-refractivity contribution in [1.29, 1.82) is 0 Å². The Kier molecular flexibility index (Phi) is 7.36. The van der Waals surface area contributed by atoms with Crippen LogP contribution in [0.1, 0.15) is 52.8 Å². The normalized spacial score (nSPS) is 14.9. The molecule has 0 spiro atoms. The second-order valence-electron chi connectivity index (χ2n) is 8.79. The number of amides is 1. The highest BCUT2D eigenvalue weighted by molar-refractivity contribution is 7.99. The van der Waals surface area contributed by atoms with Crippen molar-refractivity contribution < 1.29 is 14.3 Å². The van der Waals surface area contributed by atoms with Crippen molar-refractivity contribution in [3.05, 3.63) is 54.1 Å². The Morgan fingerprint density at radius 2 is 1.82 bits per heavy atom. The van der Waals surface area contributed by atoms with Gasteiger partial charge in [0.05, 0.1) is 11.8 Å². The number of fused-ring (bicyclic) bond motifs is 3. The average molecular weight is 479 g/mol. The summed E-state index contributed by atoms with van der Waals surface area (Å²) in [5, 5.41) is 9.37. The van der Waals surface area contributed by atoms with Gasteiger partial charge in [-0.15, -0.1) is 10.2 Å². The van der Waals surface area contributed by atoms with E-state index in [0.29, 0.717) is 29.1 Å². The average Bonchev–Trinajstić information content (AvgIpc) is 2.96. The van der Waals surface area contributed by atoms with Gasteiger partial charge in [-0.25, -0.2) is 0 Å². The quantitative estimate of drug-likeness (QED) is 0.391. The van der Waals surface area contributed by atoms with Crippen LogP contribution in [-0.4, -0.2) is 32.9 Å². The van der Waals surface area contributed by atoms with E-state index in [2.05, 4.69) is 24.0 Å². The SMILES string of the molecule is CCC(=O)N1c2ccccc2-c2nnc(SCC(C)C)nc2O[C@@H]1c1ccc(OC(C)C)cc1. The number of aromatic nitrogens is 3. The second kappa shape index (κ2) is 10.4. The van der Waals surface area contributed by atoms with E-state index < -0.39 is 6.23 Å². The lowest BCUT2D eigenvalue weighted by molar-refractivity contribution is -0.120. The number of nitrogens with zero attached hydrogens (tertiary/aromatic N) is 4. The van der Waals surface area contributed by atoms with Crippen molar-refractivity contribution in [2.45, 2.75) is 58.5 Å². The number of para-hydroxylation sites is 1. The Morgan fingerprint density at radius 1 is 1.09 bits per heavy atom. The smallest absolute Gasteiger partial charge is 0.247 e. The van der Waals surface area contributed by atoms with Crippen LogP contribution < -0.4 is 14.4 Å². The Labute approximate surface area is 204 Å². The van der Waals surface area contributed by atoms with Gasteiger partial charge in [0.1, 0.15) is 5.75 Å². The minimum atomic E-state index is -0.706. The molecule has 7 nitrogen and oxygen atoms in total. The fraction of sp³-hybridized carbons (Fsp3) is 0.385. The third-order valence-electron chi connectivity index (χ3n) is 5.17. The van der Waals surface area contributed by atoms with Gasteiger partial charge in [-0.2, -0.15) is 4.98 Å². The van der Waals surface area contributed by atoms with Crippen LogP contribution in [0.2, 0.25) is 0 Å². The molecule has 0 bridgehead atoms. The standard InChI is InChI=1S/C26H30N4O3S/c1-6-22(31)30-21-10-8-7-9-20(21)23-24(27-26(29-28-23)34-15-16(2)3)33-25(30)18-11-13-19(14-12-18)32-17(4)5/h7-14,16-17,25H,6,15H2,1-5H3/t25-/m1/s1. The molecule has 8 heteroatoms. The molecule has 1 aliphatic heterocycles. The Bertz CT molecular complexity index is 1150. The molecule has 4 rings (SSSR count). The number of anilines is 1. The summed E-state index contributed by atoms with van der Waals surface area (Å²) < 4.78 is 12.3. The lowest BCUT2D eigenvalue weighted by Gasteiger charge is -2.30. The first-order valence-corrected chi connectivity index (χ1v) is 12.6. The Morgan fingerprint density at radius 3 is 2.50 bits per heavy atom. The molecule has 1 aromatic heterocycles. The van der Waals surface area contributed by atoms with Crippen LogP contribution in [0.15, 0.2) is 53.7 Å². The summed E-state index contributed by atoms with van der Waals surface area (Å²) in [6, 6.07) is 15.3. The molecule has 0 radical (unpaired) electrons. The van der Waals surface area contributed by atoms with E-state index in [0.717, 1.165) is 28.3 Å². The number of carbonyl (C=O) groups excluding carboxylic acids is 1. The van der Waals surface area contributed by atoms with E-state index in [1.165, 1.54) is 0 Å². The summed E-state index contributed by atoms with van der Waals surface area (Å²) in [5.74, 6) is 2.44. The first-order chi connectivity index (χ1) is 16.4. The summed E-state index contributed by atoms with van der Waals surface area (Å²) >= 11 is 1.54. The van der Waals surface area contributed by atoms with Crippen LogP contribution in [0.25, 0.3) is 11.3 Å². The number of hydrogen-bond acceptors (Lipinski definition) is 7. The number of carbonyl (C=O) groups is 1. The first-order valence-electron chi connectivity index (χ1n) is 11.6. The maximum absolute atomic E-state index is 13.2. The van der Waals surface area contributed by atoms with Crippen molar-refractivity contribution in [1.82, 2.24) is 15.2 Å². The molecule has 0 saturated carbocycles. The largest absolute Gasteiger partial charge is 0.491 e. The third-order valence-corrected chi connectivity index (χ3v) is 6.43. The van der Waals surface area contributed by atoms with Crippen molar-refractivity contribution in [2.24, 2.45) is 5.92 Å². The molecule has 0 aliphatic carbocycles.